The van der Waals surface area contributed by atoms with Gasteiger partial charge in [0.15, 0.2) is 5.75 Å². The molecule has 1 saturated heterocycles. The van der Waals surface area contributed by atoms with E-state index in [1.807, 2.05) is 102 Å². The summed E-state index contributed by atoms with van der Waals surface area (Å²) >= 11 is 1.68. The Morgan fingerprint density at radius 2 is 1.41 bits per heavy atom. The molecule has 0 unspecified atom stereocenters. The number of fused-ring (bicyclic) bond motifs is 1. The molecule has 7 heteroatoms. The van der Waals surface area contributed by atoms with Gasteiger partial charge in [-0.3, -0.25) is 9.29 Å². The Morgan fingerprint density at radius 3 is 2.04 bits per heavy atom. The van der Waals surface area contributed by atoms with Crippen LogP contribution < -0.4 is 18.9 Å². The fraction of sp³-hybridized carbons (Fsp3) is 0.381. The molecule has 1 aliphatic heterocycles. The highest BCUT2D eigenvalue weighted by Gasteiger charge is 2.26. The van der Waals surface area contributed by atoms with E-state index in [1.165, 1.54) is 0 Å². The van der Waals surface area contributed by atoms with E-state index in [0.717, 1.165) is 74.3 Å². The van der Waals surface area contributed by atoms with E-state index in [1.54, 1.807) is 18.4 Å². The van der Waals surface area contributed by atoms with E-state index < -0.39 is 0 Å². The van der Waals surface area contributed by atoms with E-state index in [0.29, 0.717) is 13.2 Å². The van der Waals surface area contributed by atoms with Gasteiger partial charge in [-0.1, -0.05) is 71.9 Å². The quantitative estimate of drug-likeness (QED) is 0.131. The minimum Gasteiger partial charge on any atom is -0.497 e. The van der Waals surface area contributed by atoms with Crippen LogP contribution in [0.2, 0.25) is 0 Å². The van der Waals surface area contributed by atoms with E-state index in [4.69, 9.17) is 18.9 Å². The summed E-state index contributed by atoms with van der Waals surface area (Å²) < 4.78 is 38.2. The zero-order chi connectivity index (χ0) is 35.6. The molecule has 5 nitrogen and oxygen atoms in total. The van der Waals surface area contributed by atoms with Gasteiger partial charge in [0, 0.05) is 28.6 Å². The Labute approximate surface area is 297 Å². The summed E-state index contributed by atoms with van der Waals surface area (Å²) in [5.74, 6) is 4.09. The number of benzene rings is 4. The van der Waals surface area contributed by atoms with E-state index in [9.17, 15) is 4.39 Å². The van der Waals surface area contributed by atoms with Crippen LogP contribution in [-0.4, -0.2) is 44.4 Å². The molecule has 0 aliphatic carbocycles. The predicted octanol–water partition coefficient (Wildman–Crippen LogP) is 12.1. The normalized spacial score (nSPS) is 14.3. The largest absolute Gasteiger partial charge is 0.497 e. The number of ether oxygens (including phenoxy) is 4. The third-order valence-corrected chi connectivity index (χ3v) is 9.09. The van der Waals surface area contributed by atoms with Crippen molar-refractivity contribution in [2.45, 2.75) is 67.5 Å². The number of nitrogens with zero attached hydrogens (tertiary/aromatic N) is 1. The Morgan fingerprint density at radius 1 is 0.776 bits per heavy atom. The molecule has 1 fully saturated rings. The molecule has 0 radical (unpaired) electrons. The molecule has 1 aliphatic rings. The zero-order valence-corrected chi connectivity index (χ0v) is 31.3. The van der Waals surface area contributed by atoms with Gasteiger partial charge >= 0.3 is 0 Å². The van der Waals surface area contributed by atoms with Gasteiger partial charge in [0.2, 0.25) is 0 Å². The second-order valence-electron chi connectivity index (χ2n) is 11.0. The molecule has 49 heavy (non-hydrogen) atoms. The summed E-state index contributed by atoms with van der Waals surface area (Å²) in [5.41, 5.74) is 2.18. The van der Waals surface area contributed by atoms with Gasteiger partial charge in [0.05, 0.1) is 18.7 Å². The number of rotatable bonds is 12. The second kappa shape index (κ2) is 21.1. The minimum absolute atomic E-state index is 0.156. The summed E-state index contributed by atoms with van der Waals surface area (Å²) in [6.45, 7) is 16.7. The van der Waals surface area contributed by atoms with Crippen molar-refractivity contribution in [3.8, 4) is 39.2 Å². The highest BCUT2D eigenvalue weighted by Crippen LogP contribution is 2.47. The van der Waals surface area contributed by atoms with Crippen LogP contribution in [0, 0.1) is 5.92 Å². The number of halogens is 1. The third kappa shape index (κ3) is 11.0. The Hall–Kier alpha value is -4.07. The van der Waals surface area contributed by atoms with Crippen LogP contribution in [0.25, 0.3) is 20.5 Å². The molecule has 1 aromatic heterocycles. The van der Waals surface area contributed by atoms with Gasteiger partial charge in [-0.15, -0.1) is 11.3 Å². The number of hydrogen-bond donors (Lipinski definition) is 0. The molecule has 4 aromatic carbocycles. The maximum absolute atomic E-state index is 13.0. The topological polar surface area (TPSA) is 40.2 Å². The molecule has 0 N–H and O–H groups in total. The minimum atomic E-state index is -0.242. The fourth-order valence-corrected chi connectivity index (χ4v) is 6.51. The number of likely N-dealkylation sites (tertiary alicyclic amines) is 1. The number of hydrogen-bond acceptors (Lipinski definition) is 6. The lowest BCUT2D eigenvalue weighted by Crippen LogP contribution is -2.35. The monoisotopic (exact) mass is 687 g/mol. The van der Waals surface area contributed by atoms with Gasteiger partial charge in [0.25, 0.3) is 0 Å². The number of methoxy groups -OCH3 is 1. The lowest BCUT2D eigenvalue weighted by molar-refractivity contribution is 0.165. The van der Waals surface area contributed by atoms with Crippen LogP contribution in [0.3, 0.4) is 0 Å². The lowest BCUT2D eigenvalue weighted by Gasteiger charge is -2.24. The summed E-state index contributed by atoms with van der Waals surface area (Å²) in [7, 11) is 1.67. The molecule has 0 saturated carbocycles. The molecule has 2 heterocycles. The molecular weight excluding hydrogens is 634 g/mol. The highest BCUT2D eigenvalue weighted by molar-refractivity contribution is 7.22. The third-order valence-electron chi connectivity index (χ3n) is 7.91. The first-order valence-corrected chi connectivity index (χ1v) is 18.5. The lowest BCUT2D eigenvalue weighted by atomic mass is 10.1. The SMILES string of the molecule is CC.CC.CC.COc1ccc(-c2sc3cc(OCc4ccccc4)ccc3c2Oc2ccc(OC[C@H](C)N3CC[C@@H](CF)C3)cc2)cc1. The number of thiophene rings is 1. The average Bonchev–Trinajstić information content (AvgIpc) is 3.81. The predicted molar refractivity (Wildman–Crippen MR) is 206 cm³/mol. The van der Waals surface area contributed by atoms with Crippen molar-refractivity contribution < 1.29 is 23.3 Å². The molecule has 0 bridgehead atoms. The van der Waals surface area contributed by atoms with Gasteiger partial charge in [-0.2, -0.15) is 0 Å². The van der Waals surface area contributed by atoms with Gasteiger partial charge in [-0.25, -0.2) is 0 Å². The fourth-order valence-electron chi connectivity index (χ4n) is 5.35. The van der Waals surface area contributed by atoms with Crippen molar-refractivity contribution in [2.24, 2.45) is 5.92 Å². The van der Waals surface area contributed by atoms with Crippen molar-refractivity contribution in [2.75, 3.05) is 33.5 Å². The van der Waals surface area contributed by atoms with Crippen molar-refractivity contribution in [1.82, 2.24) is 4.90 Å². The standard InChI is InChI=1S/C36H36FNO4S.3C2H6/c1-25(38-19-18-27(21-37)22-38)23-40-30-12-14-31(15-13-30)42-35-33-17-16-32(41-24-26-6-4-3-5-7-26)20-34(33)43-36(35)28-8-10-29(39-2)11-9-28;3*1-2/h3-17,20,25,27H,18-19,21-24H2,1-2H3;3*1-2H3/t25-,27-;;;/m0.../s1. The first kappa shape index (κ1) is 39.4. The van der Waals surface area contributed by atoms with E-state index in [2.05, 4.69) is 48.2 Å². The Bertz CT molecular complexity index is 1620. The molecule has 5 aromatic rings. The molecular formula is C42H54FNO4S. The molecule has 0 spiro atoms. The van der Waals surface area contributed by atoms with Crippen LogP contribution in [0.5, 0.6) is 28.7 Å². The molecule has 2 atom stereocenters. The van der Waals surface area contributed by atoms with Crippen molar-refractivity contribution in [1.29, 1.82) is 0 Å². The highest BCUT2D eigenvalue weighted by atomic mass is 32.1. The van der Waals surface area contributed by atoms with Crippen LogP contribution in [-0.2, 0) is 6.61 Å². The average molecular weight is 688 g/mol. The molecule has 6 rings (SSSR count). The van der Waals surface area contributed by atoms with Gasteiger partial charge < -0.3 is 18.9 Å². The van der Waals surface area contributed by atoms with Gasteiger partial charge in [-0.05, 0) is 97.7 Å². The summed E-state index contributed by atoms with van der Waals surface area (Å²) in [6, 6.07) is 32.3. The smallest absolute Gasteiger partial charge is 0.153 e. The second-order valence-corrected chi connectivity index (χ2v) is 12.0. The van der Waals surface area contributed by atoms with Crippen molar-refractivity contribution >= 4 is 21.4 Å². The first-order valence-electron chi connectivity index (χ1n) is 17.7. The van der Waals surface area contributed by atoms with E-state index >= 15 is 0 Å². The summed E-state index contributed by atoms with van der Waals surface area (Å²) in [5, 5.41) is 1.02. The molecule has 264 valence electrons. The Balaban J connectivity index is 0.00000103. The van der Waals surface area contributed by atoms with Crippen molar-refractivity contribution in [3.05, 3.63) is 103 Å². The summed E-state index contributed by atoms with van der Waals surface area (Å²) in [4.78, 5) is 3.34. The van der Waals surface area contributed by atoms with Crippen LogP contribution >= 0.6 is 11.3 Å². The van der Waals surface area contributed by atoms with Crippen LogP contribution in [0.1, 0.15) is 60.5 Å². The van der Waals surface area contributed by atoms with Crippen molar-refractivity contribution in [3.63, 3.8) is 0 Å². The number of alkyl halides is 1. The maximum Gasteiger partial charge on any atom is 0.153 e. The van der Waals surface area contributed by atoms with Crippen LogP contribution in [0.15, 0.2) is 97.1 Å². The Kier molecular flexibility index (Phi) is 17.0. The molecule has 0 amide bonds. The van der Waals surface area contributed by atoms with Crippen LogP contribution in [0.4, 0.5) is 4.39 Å². The summed E-state index contributed by atoms with van der Waals surface area (Å²) in [6.07, 6.45) is 0.921. The maximum atomic E-state index is 13.0. The first-order chi connectivity index (χ1) is 24.1. The van der Waals surface area contributed by atoms with Gasteiger partial charge in [0.1, 0.15) is 36.2 Å². The zero-order valence-electron chi connectivity index (χ0n) is 30.5. The van der Waals surface area contributed by atoms with E-state index in [-0.39, 0.29) is 18.6 Å².